The van der Waals surface area contributed by atoms with Gasteiger partial charge in [0.05, 0.1) is 12.2 Å². The minimum Gasteiger partial charge on any atom is -0.411 e. The molecule has 0 spiro atoms. The molecule has 128 valence electrons. The fourth-order valence-electron chi connectivity index (χ4n) is 2.45. The van der Waals surface area contributed by atoms with Crippen LogP contribution in [0.1, 0.15) is 59.8 Å². The average Bonchev–Trinajstić information content (AvgIpc) is 2.80. The molecule has 0 heterocycles. The SMILES string of the molecule is CCCCCC(/C=C/[C@@H]1C=CC[C@H]1O)O[Si](C)(C)C(C)(C)C. The van der Waals surface area contributed by atoms with Crippen molar-refractivity contribution >= 4 is 8.32 Å². The molecule has 1 rings (SSSR count). The van der Waals surface area contributed by atoms with Crippen molar-refractivity contribution in [3.63, 3.8) is 0 Å². The van der Waals surface area contributed by atoms with Crippen molar-refractivity contribution in [2.45, 2.75) is 90.1 Å². The first-order chi connectivity index (χ1) is 10.2. The Bertz CT molecular complexity index is 379. The highest BCUT2D eigenvalue weighted by atomic mass is 28.4. The molecule has 0 aliphatic heterocycles. The highest BCUT2D eigenvalue weighted by molar-refractivity contribution is 6.74. The summed E-state index contributed by atoms with van der Waals surface area (Å²) in [6, 6.07) is 0. The van der Waals surface area contributed by atoms with Gasteiger partial charge in [-0.15, -0.1) is 0 Å². The smallest absolute Gasteiger partial charge is 0.192 e. The molecule has 1 N–H and O–H groups in total. The van der Waals surface area contributed by atoms with Gasteiger partial charge >= 0.3 is 0 Å². The van der Waals surface area contributed by atoms with Gasteiger partial charge in [-0.25, -0.2) is 0 Å². The third-order valence-electron chi connectivity index (χ3n) is 5.07. The van der Waals surface area contributed by atoms with Gasteiger partial charge in [-0.05, 0) is 31.0 Å². The van der Waals surface area contributed by atoms with Gasteiger partial charge in [-0.1, -0.05) is 71.3 Å². The van der Waals surface area contributed by atoms with Crippen LogP contribution in [0.4, 0.5) is 0 Å². The zero-order valence-corrected chi connectivity index (χ0v) is 16.4. The number of aliphatic hydroxyl groups excluding tert-OH is 1. The molecule has 0 aromatic heterocycles. The van der Waals surface area contributed by atoms with Crippen LogP contribution in [0, 0.1) is 5.92 Å². The van der Waals surface area contributed by atoms with Crippen LogP contribution in [0.5, 0.6) is 0 Å². The van der Waals surface area contributed by atoms with Gasteiger partial charge in [-0.2, -0.15) is 0 Å². The maximum absolute atomic E-state index is 9.93. The van der Waals surface area contributed by atoms with Crippen LogP contribution in [0.15, 0.2) is 24.3 Å². The molecule has 1 aliphatic rings. The predicted molar refractivity (Wildman–Crippen MR) is 98.6 cm³/mol. The summed E-state index contributed by atoms with van der Waals surface area (Å²) in [5.74, 6) is 0.164. The minimum absolute atomic E-state index is 0.164. The van der Waals surface area contributed by atoms with E-state index >= 15 is 0 Å². The molecule has 2 nitrogen and oxygen atoms in total. The second-order valence-electron chi connectivity index (χ2n) is 8.11. The fraction of sp³-hybridized carbons (Fsp3) is 0.789. The molecular weight excluding hydrogens is 288 g/mol. The molecule has 1 unspecified atom stereocenters. The van der Waals surface area contributed by atoms with Crippen molar-refractivity contribution in [2.24, 2.45) is 5.92 Å². The van der Waals surface area contributed by atoms with Crippen LogP contribution in [0.3, 0.4) is 0 Å². The lowest BCUT2D eigenvalue weighted by atomic mass is 10.0. The third kappa shape index (κ3) is 6.02. The van der Waals surface area contributed by atoms with Crippen LogP contribution in [-0.2, 0) is 4.43 Å². The Morgan fingerprint density at radius 2 is 2.00 bits per heavy atom. The topological polar surface area (TPSA) is 29.5 Å². The van der Waals surface area contributed by atoms with Crippen molar-refractivity contribution in [3.05, 3.63) is 24.3 Å². The molecular formula is C19H36O2Si. The molecule has 0 radical (unpaired) electrons. The van der Waals surface area contributed by atoms with Crippen molar-refractivity contribution in [1.29, 1.82) is 0 Å². The number of unbranched alkanes of at least 4 members (excludes halogenated alkanes) is 2. The summed E-state index contributed by atoms with van der Waals surface area (Å²) in [7, 11) is -1.75. The third-order valence-corrected chi connectivity index (χ3v) is 9.58. The Morgan fingerprint density at radius 3 is 2.50 bits per heavy atom. The molecule has 22 heavy (non-hydrogen) atoms. The van der Waals surface area contributed by atoms with Crippen LogP contribution < -0.4 is 0 Å². The monoisotopic (exact) mass is 324 g/mol. The Hall–Kier alpha value is -0.383. The molecule has 0 aromatic carbocycles. The average molecular weight is 325 g/mol. The van der Waals surface area contributed by atoms with Crippen molar-refractivity contribution in [1.82, 2.24) is 0 Å². The number of rotatable bonds is 8. The second kappa shape index (κ2) is 8.46. The maximum atomic E-state index is 9.93. The zero-order chi connectivity index (χ0) is 16.8. The summed E-state index contributed by atoms with van der Waals surface area (Å²) in [5, 5.41) is 10.2. The van der Waals surface area contributed by atoms with Crippen LogP contribution in [0.25, 0.3) is 0 Å². The molecule has 3 atom stereocenters. The lowest BCUT2D eigenvalue weighted by Crippen LogP contribution is -2.43. The molecule has 3 heteroatoms. The minimum atomic E-state index is -1.75. The largest absolute Gasteiger partial charge is 0.411 e. The fourth-order valence-corrected chi connectivity index (χ4v) is 3.76. The quantitative estimate of drug-likeness (QED) is 0.365. The van der Waals surface area contributed by atoms with Crippen LogP contribution in [-0.4, -0.2) is 25.6 Å². The Balaban J connectivity index is 2.70. The summed E-state index contributed by atoms with van der Waals surface area (Å²) in [5.41, 5.74) is 0. The Labute approximate surface area is 138 Å². The van der Waals surface area contributed by atoms with E-state index in [4.69, 9.17) is 4.43 Å². The van der Waals surface area contributed by atoms with E-state index in [0.717, 1.165) is 12.8 Å². The van der Waals surface area contributed by atoms with Gasteiger partial charge in [0.2, 0.25) is 0 Å². The summed E-state index contributed by atoms with van der Waals surface area (Å²) in [6.07, 6.45) is 14.0. The molecule has 0 saturated heterocycles. The molecule has 0 amide bonds. The molecule has 1 aliphatic carbocycles. The molecule has 0 aromatic rings. The van der Waals surface area contributed by atoms with Crippen molar-refractivity contribution < 1.29 is 9.53 Å². The predicted octanol–water partition coefficient (Wildman–Crippen LogP) is 5.45. The molecule has 0 bridgehead atoms. The summed E-state index contributed by atoms with van der Waals surface area (Å²) in [4.78, 5) is 0. The van der Waals surface area contributed by atoms with E-state index < -0.39 is 8.32 Å². The van der Waals surface area contributed by atoms with Gasteiger partial charge < -0.3 is 9.53 Å². The van der Waals surface area contributed by atoms with Gasteiger partial charge in [0.15, 0.2) is 8.32 Å². The van der Waals surface area contributed by atoms with Crippen molar-refractivity contribution in [3.8, 4) is 0 Å². The highest BCUT2D eigenvalue weighted by Gasteiger charge is 2.38. The molecule has 0 fully saturated rings. The Kier molecular flexibility index (Phi) is 7.56. The van der Waals surface area contributed by atoms with Crippen LogP contribution >= 0.6 is 0 Å². The first kappa shape index (κ1) is 19.7. The Morgan fingerprint density at radius 1 is 1.32 bits per heavy atom. The summed E-state index contributed by atoms with van der Waals surface area (Å²) >= 11 is 0. The number of aliphatic hydroxyl groups is 1. The van der Waals surface area contributed by atoms with E-state index in [2.05, 4.69) is 65.1 Å². The van der Waals surface area contributed by atoms with E-state index in [1.807, 2.05) is 0 Å². The summed E-state index contributed by atoms with van der Waals surface area (Å²) < 4.78 is 6.59. The summed E-state index contributed by atoms with van der Waals surface area (Å²) in [6.45, 7) is 13.7. The lowest BCUT2D eigenvalue weighted by molar-refractivity contribution is 0.160. The zero-order valence-electron chi connectivity index (χ0n) is 15.4. The van der Waals surface area contributed by atoms with Gasteiger partial charge in [0.25, 0.3) is 0 Å². The van der Waals surface area contributed by atoms with E-state index in [1.165, 1.54) is 19.3 Å². The number of hydrogen-bond donors (Lipinski definition) is 1. The number of hydrogen-bond acceptors (Lipinski definition) is 2. The maximum Gasteiger partial charge on any atom is 0.192 e. The van der Waals surface area contributed by atoms with Crippen LogP contribution in [0.2, 0.25) is 18.1 Å². The highest BCUT2D eigenvalue weighted by Crippen LogP contribution is 2.38. The van der Waals surface area contributed by atoms with E-state index in [1.54, 1.807) is 0 Å². The van der Waals surface area contributed by atoms with Gasteiger partial charge in [-0.3, -0.25) is 0 Å². The lowest BCUT2D eigenvalue weighted by Gasteiger charge is -2.38. The normalized spacial score (nSPS) is 24.3. The first-order valence-electron chi connectivity index (χ1n) is 8.88. The van der Waals surface area contributed by atoms with Gasteiger partial charge in [0, 0.05) is 5.92 Å². The second-order valence-corrected chi connectivity index (χ2v) is 12.9. The van der Waals surface area contributed by atoms with E-state index in [-0.39, 0.29) is 23.2 Å². The van der Waals surface area contributed by atoms with E-state index in [0.29, 0.717) is 0 Å². The standard InChI is InChI=1S/C19H36O2Si/c1-7-8-9-12-17(21-22(5,6)19(2,3)4)15-14-16-11-10-13-18(16)20/h10-11,14-18,20H,7-9,12-13H2,1-6H3/b15-14+/t16-,17?,18+/m0/s1. The van der Waals surface area contributed by atoms with Crippen molar-refractivity contribution in [2.75, 3.05) is 0 Å². The van der Waals surface area contributed by atoms with E-state index in [9.17, 15) is 5.11 Å². The first-order valence-corrected chi connectivity index (χ1v) is 11.8. The van der Waals surface area contributed by atoms with Gasteiger partial charge in [0.1, 0.15) is 0 Å². The molecule has 0 saturated carbocycles.